The second-order valence-corrected chi connectivity index (χ2v) is 7.01. The number of hydrogen-bond donors (Lipinski definition) is 1. The molecule has 2 rings (SSSR count). The zero-order valence-corrected chi connectivity index (χ0v) is 15.6. The molecule has 1 amide bonds. The van der Waals surface area contributed by atoms with Gasteiger partial charge in [0.1, 0.15) is 11.5 Å². The number of methoxy groups -OCH3 is 1. The molecule has 0 aromatic heterocycles. The molecule has 1 atom stereocenters. The monoisotopic (exact) mass is 341 g/mol. The molecule has 0 saturated carbocycles. The van der Waals surface area contributed by atoms with Crippen LogP contribution in [0.15, 0.2) is 48.5 Å². The Morgan fingerprint density at radius 2 is 1.56 bits per heavy atom. The van der Waals surface area contributed by atoms with E-state index in [0.29, 0.717) is 12.2 Å². The molecule has 0 spiro atoms. The zero-order chi connectivity index (χ0) is 18.4. The number of benzene rings is 2. The Bertz CT molecular complexity index is 685. The number of amides is 1. The number of carbonyl (C=O) groups excluding carboxylic acids is 1. The van der Waals surface area contributed by atoms with Crippen molar-refractivity contribution < 1.29 is 14.3 Å². The Morgan fingerprint density at radius 1 is 1.00 bits per heavy atom. The number of anilines is 1. The van der Waals surface area contributed by atoms with E-state index in [2.05, 4.69) is 26.1 Å². The highest BCUT2D eigenvalue weighted by molar-refractivity contribution is 5.94. The highest BCUT2D eigenvalue weighted by atomic mass is 16.5. The summed E-state index contributed by atoms with van der Waals surface area (Å²) in [6.45, 7) is 8.43. The molecule has 4 nitrogen and oxygen atoms in total. The number of carbonyl (C=O) groups is 1. The van der Waals surface area contributed by atoms with Gasteiger partial charge in [0, 0.05) is 5.69 Å². The quantitative estimate of drug-likeness (QED) is 0.822. The molecule has 0 aliphatic heterocycles. The summed E-state index contributed by atoms with van der Waals surface area (Å²) in [6.07, 6.45) is 0.0470. The van der Waals surface area contributed by atoms with Crippen molar-refractivity contribution in [2.24, 2.45) is 0 Å². The van der Waals surface area contributed by atoms with Gasteiger partial charge >= 0.3 is 0 Å². The van der Waals surface area contributed by atoms with Crippen LogP contribution in [-0.2, 0) is 10.2 Å². The maximum Gasteiger partial charge on any atom is 0.265 e. The van der Waals surface area contributed by atoms with Gasteiger partial charge in [-0.1, -0.05) is 39.8 Å². The SMILES string of the molecule is CC[C@H](Oc1ccc(C(C)(C)C)cc1)C(=O)Nc1ccc(OC)cc1. The Hall–Kier alpha value is -2.49. The van der Waals surface area contributed by atoms with Crippen molar-refractivity contribution in [1.29, 1.82) is 0 Å². The summed E-state index contributed by atoms with van der Waals surface area (Å²) in [6, 6.07) is 15.2. The first-order chi connectivity index (χ1) is 11.8. The summed E-state index contributed by atoms with van der Waals surface area (Å²) in [7, 11) is 1.61. The van der Waals surface area contributed by atoms with Crippen LogP contribution in [0.25, 0.3) is 0 Å². The molecule has 4 heteroatoms. The van der Waals surface area contributed by atoms with Crippen LogP contribution in [0, 0.1) is 0 Å². The van der Waals surface area contributed by atoms with Crippen LogP contribution in [0.3, 0.4) is 0 Å². The molecule has 2 aromatic carbocycles. The molecule has 0 fully saturated rings. The van der Waals surface area contributed by atoms with Crippen molar-refractivity contribution in [3.8, 4) is 11.5 Å². The average molecular weight is 341 g/mol. The van der Waals surface area contributed by atoms with Crippen molar-refractivity contribution in [3.63, 3.8) is 0 Å². The van der Waals surface area contributed by atoms with Gasteiger partial charge in [0.2, 0.25) is 0 Å². The topological polar surface area (TPSA) is 47.6 Å². The molecular formula is C21H27NO3. The van der Waals surface area contributed by atoms with Crippen LogP contribution in [-0.4, -0.2) is 19.1 Å². The molecule has 0 saturated heterocycles. The molecule has 1 N–H and O–H groups in total. The van der Waals surface area contributed by atoms with Crippen molar-refractivity contribution in [1.82, 2.24) is 0 Å². The average Bonchev–Trinajstić information content (AvgIpc) is 2.60. The fraction of sp³-hybridized carbons (Fsp3) is 0.381. The minimum absolute atomic E-state index is 0.0917. The van der Waals surface area contributed by atoms with E-state index < -0.39 is 6.10 Å². The van der Waals surface area contributed by atoms with E-state index in [0.717, 1.165) is 11.4 Å². The molecule has 0 aliphatic rings. The summed E-state index contributed by atoms with van der Waals surface area (Å²) in [5, 5.41) is 2.88. The van der Waals surface area contributed by atoms with Gasteiger partial charge in [0.15, 0.2) is 6.10 Å². The van der Waals surface area contributed by atoms with Gasteiger partial charge in [-0.2, -0.15) is 0 Å². The summed E-state index contributed by atoms with van der Waals surface area (Å²) >= 11 is 0. The van der Waals surface area contributed by atoms with Gasteiger partial charge in [0.25, 0.3) is 5.91 Å². The predicted octanol–water partition coefficient (Wildman–Crippen LogP) is 4.79. The first kappa shape index (κ1) is 18.8. The largest absolute Gasteiger partial charge is 0.497 e. The smallest absolute Gasteiger partial charge is 0.265 e. The fourth-order valence-electron chi connectivity index (χ4n) is 2.42. The second-order valence-electron chi connectivity index (χ2n) is 7.01. The standard InChI is InChI=1S/C21H27NO3/c1-6-19(20(23)22-16-9-13-17(24-5)14-10-16)25-18-11-7-15(8-12-18)21(2,3)4/h7-14,19H,6H2,1-5H3,(H,22,23)/t19-/m0/s1. The number of rotatable bonds is 6. The van der Waals surface area contributed by atoms with Gasteiger partial charge < -0.3 is 14.8 Å². The minimum atomic E-state index is -0.539. The van der Waals surface area contributed by atoms with E-state index in [9.17, 15) is 4.79 Å². The minimum Gasteiger partial charge on any atom is -0.497 e. The summed E-state index contributed by atoms with van der Waals surface area (Å²) < 4.78 is 11.0. The molecule has 0 bridgehead atoms. The van der Waals surface area contributed by atoms with E-state index in [1.54, 1.807) is 7.11 Å². The van der Waals surface area contributed by atoms with Crippen molar-refractivity contribution in [2.45, 2.75) is 45.6 Å². The summed E-state index contributed by atoms with van der Waals surface area (Å²) in [5.74, 6) is 1.29. The molecule has 0 radical (unpaired) electrons. The lowest BCUT2D eigenvalue weighted by molar-refractivity contribution is -0.122. The molecule has 2 aromatic rings. The second kappa shape index (κ2) is 8.06. The van der Waals surface area contributed by atoms with Crippen LogP contribution >= 0.6 is 0 Å². The molecule has 25 heavy (non-hydrogen) atoms. The van der Waals surface area contributed by atoms with Crippen LogP contribution < -0.4 is 14.8 Å². The summed E-state index contributed by atoms with van der Waals surface area (Å²) in [4.78, 5) is 12.5. The maximum atomic E-state index is 12.5. The van der Waals surface area contributed by atoms with Crippen LogP contribution in [0.1, 0.15) is 39.7 Å². The first-order valence-corrected chi connectivity index (χ1v) is 8.55. The molecule has 0 aliphatic carbocycles. The van der Waals surface area contributed by atoms with Crippen LogP contribution in [0.2, 0.25) is 0 Å². The lowest BCUT2D eigenvalue weighted by Crippen LogP contribution is -2.32. The van der Waals surface area contributed by atoms with E-state index in [-0.39, 0.29) is 11.3 Å². The van der Waals surface area contributed by atoms with E-state index in [1.165, 1.54) is 5.56 Å². The Balaban J connectivity index is 2.01. The lowest BCUT2D eigenvalue weighted by atomic mass is 9.87. The Morgan fingerprint density at radius 3 is 2.04 bits per heavy atom. The molecule has 0 unspecified atom stereocenters. The molecule has 134 valence electrons. The third-order valence-electron chi connectivity index (χ3n) is 4.02. The van der Waals surface area contributed by atoms with E-state index >= 15 is 0 Å². The van der Waals surface area contributed by atoms with Gasteiger partial charge in [-0.05, 0) is 53.8 Å². The van der Waals surface area contributed by atoms with E-state index in [4.69, 9.17) is 9.47 Å². The lowest BCUT2D eigenvalue weighted by Gasteiger charge is -2.21. The van der Waals surface area contributed by atoms with Crippen LogP contribution in [0.5, 0.6) is 11.5 Å². The Kier molecular flexibility index (Phi) is 6.07. The maximum absolute atomic E-state index is 12.5. The van der Waals surface area contributed by atoms with Crippen molar-refractivity contribution in [3.05, 3.63) is 54.1 Å². The van der Waals surface area contributed by atoms with Crippen molar-refractivity contribution >= 4 is 11.6 Å². The number of hydrogen-bond acceptors (Lipinski definition) is 3. The van der Waals surface area contributed by atoms with E-state index in [1.807, 2.05) is 55.5 Å². The first-order valence-electron chi connectivity index (χ1n) is 8.55. The van der Waals surface area contributed by atoms with Gasteiger partial charge in [0.05, 0.1) is 7.11 Å². The Labute approximate surface area is 150 Å². The molecule has 0 heterocycles. The van der Waals surface area contributed by atoms with Gasteiger partial charge in [-0.25, -0.2) is 0 Å². The van der Waals surface area contributed by atoms with Crippen molar-refractivity contribution in [2.75, 3.05) is 12.4 Å². The number of ether oxygens (including phenoxy) is 2. The zero-order valence-electron chi connectivity index (χ0n) is 15.6. The van der Waals surface area contributed by atoms with Gasteiger partial charge in [-0.3, -0.25) is 4.79 Å². The fourth-order valence-corrected chi connectivity index (χ4v) is 2.42. The highest BCUT2D eigenvalue weighted by Crippen LogP contribution is 2.25. The van der Waals surface area contributed by atoms with Crippen LogP contribution in [0.4, 0.5) is 5.69 Å². The highest BCUT2D eigenvalue weighted by Gasteiger charge is 2.19. The normalized spacial score (nSPS) is 12.4. The summed E-state index contributed by atoms with van der Waals surface area (Å²) in [5.41, 5.74) is 2.04. The molecular weight excluding hydrogens is 314 g/mol. The van der Waals surface area contributed by atoms with Gasteiger partial charge in [-0.15, -0.1) is 0 Å². The third kappa shape index (κ3) is 5.24. The third-order valence-corrected chi connectivity index (χ3v) is 4.02. The predicted molar refractivity (Wildman–Crippen MR) is 101 cm³/mol. The number of nitrogens with one attached hydrogen (secondary N) is 1.